The quantitative estimate of drug-likeness (QED) is 0.411. The van der Waals surface area contributed by atoms with Crippen LogP contribution in [-0.2, 0) is 0 Å². The number of hydrogen-bond donors (Lipinski definition) is 3. The first kappa shape index (κ1) is 19.7. The second kappa shape index (κ2) is 8.77. The van der Waals surface area contributed by atoms with E-state index in [1.165, 1.54) is 12.3 Å². The Morgan fingerprint density at radius 2 is 2.11 bits per heavy atom. The minimum absolute atomic E-state index is 0.0360. The van der Waals surface area contributed by atoms with E-state index in [-0.39, 0.29) is 11.4 Å². The molecule has 0 aliphatic heterocycles. The van der Waals surface area contributed by atoms with Crippen LogP contribution in [0.2, 0.25) is 10.0 Å². The minimum Gasteiger partial charge on any atom is -0.504 e. The van der Waals surface area contributed by atoms with Gasteiger partial charge in [0.1, 0.15) is 5.69 Å². The van der Waals surface area contributed by atoms with Gasteiger partial charge in [-0.25, -0.2) is 5.43 Å². The summed E-state index contributed by atoms with van der Waals surface area (Å²) in [7, 11) is 0. The summed E-state index contributed by atoms with van der Waals surface area (Å²) in [6.45, 7) is 2.24. The number of H-pyrrole nitrogens is 1. The van der Waals surface area contributed by atoms with Crippen molar-refractivity contribution in [3.63, 3.8) is 0 Å². The fourth-order valence-corrected chi connectivity index (χ4v) is 2.89. The van der Waals surface area contributed by atoms with E-state index in [0.29, 0.717) is 39.2 Å². The first-order chi connectivity index (χ1) is 13.5. The lowest BCUT2D eigenvalue weighted by Crippen LogP contribution is -2.18. The summed E-state index contributed by atoms with van der Waals surface area (Å²) in [6.07, 6.45) is 1.44. The second-order valence-electron chi connectivity index (χ2n) is 5.65. The van der Waals surface area contributed by atoms with Crippen LogP contribution in [0.4, 0.5) is 0 Å². The Morgan fingerprint density at radius 3 is 2.86 bits per heavy atom. The monoisotopic (exact) mass is 418 g/mol. The highest BCUT2D eigenvalue weighted by Gasteiger charge is 2.13. The Hall–Kier alpha value is -3.03. The number of rotatable bonds is 6. The van der Waals surface area contributed by atoms with Gasteiger partial charge < -0.3 is 9.84 Å². The molecule has 1 amide bonds. The molecule has 0 spiro atoms. The van der Waals surface area contributed by atoms with Crippen molar-refractivity contribution in [2.45, 2.75) is 6.92 Å². The topological polar surface area (TPSA) is 99.6 Å². The van der Waals surface area contributed by atoms with E-state index < -0.39 is 5.91 Å². The smallest absolute Gasteiger partial charge is 0.289 e. The highest BCUT2D eigenvalue weighted by Crippen LogP contribution is 2.29. The van der Waals surface area contributed by atoms with Gasteiger partial charge in [0, 0.05) is 10.6 Å². The number of nitrogens with one attached hydrogen (secondary N) is 2. The largest absolute Gasteiger partial charge is 0.504 e. The molecule has 0 saturated carbocycles. The molecule has 9 heteroatoms. The molecule has 1 heterocycles. The Bertz CT molecular complexity index is 1030. The SMILES string of the molecule is CCOc1cc(/C=N\NC(=O)c2cc(-c3ccc(Cl)cc3Cl)n[nH]2)ccc1O. The van der Waals surface area contributed by atoms with Crippen molar-refractivity contribution >= 4 is 35.3 Å². The van der Waals surface area contributed by atoms with Crippen molar-refractivity contribution in [1.29, 1.82) is 0 Å². The average molecular weight is 419 g/mol. The third-order valence-electron chi connectivity index (χ3n) is 3.69. The number of amides is 1. The molecule has 0 aliphatic rings. The Labute approximate surface area is 170 Å². The van der Waals surface area contributed by atoms with Crippen molar-refractivity contribution < 1.29 is 14.6 Å². The molecule has 0 atom stereocenters. The maximum atomic E-state index is 12.2. The molecule has 0 bridgehead atoms. The number of aromatic amines is 1. The number of benzene rings is 2. The third-order valence-corrected chi connectivity index (χ3v) is 4.24. The molecule has 7 nitrogen and oxygen atoms in total. The van der Waals surface area contributed by atoms with Gasteiger partial charge in [-0.15, -0.1) is 0 Å². The molecule has 2 aromatic carbocycles. The van der Waals surface area contributed by atoms with Gasteiger partial charge in [-0.2, -0.15) is 10.2 Å². The Kier molecular flexibility index (Phi) is 6.18. The van der Waals surface area contributed by atoms with E-state index in [2.05, 4.69) is 20.7 Å². The number of hydrogen-bond acceptors (Lipinski definition) is 5. The third kappa shape index (κ3) is 4.62. The molecule has 0 unspecified atom stereocenters. The summed E-state index contributed by atoms with van der Waals surface area (Å²) in [6, 6.07) is 11.3. The molecule has 0 aliphatic carbocycles. The van der Waals surface area contributed by atoms with Crippen LogP contribution in [0.1, 0.15) is 23.0 Å². The highest BCUT2D eigenvalue weighted by molar-refractivity contribution is 6.36. The van der Waals surface area contributed by atoms with Crippen molar-refractivity contribution in [1.82, 2.24) is 15.6 Å². The van der Waals surface area contributed by atoms with Crippen LogP contribution in [0, 0.1) is 0 Å². The number of aromatic nitrogens is 2. The highest BCUT2D eigenvalue weighted by atomic mass is 35.5. The lowest BCUT2D eigenvalue weighted by atomic mass is 10.1. The van der Waals surface area contributed by atoms with Crippen LogP contribution in [0.3, 0.4) is 0 Å². The van der Waals surface area contributed by atoms with Gasteiger partial charge in [0.25, 0.3) is 5.91 Å². The van der Waals surface area contributed by atoms with Crippen LogP contribution in [0.5, 0.6) is 11.5 Å². The molecule has 144 valence electrons. The molecule has 3 N–H and O–H groups in total. The summed E-state index contributed by atoms with van der Waals surface area (Å²) >= 11 is 12.0. The standard InChI is InChI=1S/C19H16Cl2N4O3/c1-2-28-18-7-11(3-6-17(18)26)10-22-25-19(27)16-9-15(23-24-16)13-5-4-12(20)8-14(13)21/h3-10,26H,2H2,1H3,(H,23,24)(H,25,27)/b22-10-. The molecule has 3 aromatic rings. The zero-order valence-corrected chi connectivity index (χ0v) is 16.3. The molecule has 1 aromatic heterocycles. The van der Waals surface area contributed by atoms with Crippen molar-refractivity contribution in [2.24, 2.45) is 5.10 Å². The van der Waals surface area contributed by atoms with Gasteiger partial charge in [-0.3, -0.25) is 9.89 Å². The number of carbonyl (C=O) groups is 1. The summed E-state index contributed by atoms with van der Waals surface area (Å²) in [5.41, 5.74) is 4.44. The molecular weight excluding hydrogens is 403 g/mol. The first-order valence-electron chi connectivity index (χ1n) is 8.28. The average Bonchev–Trinajstić information content (AvgIpc) is 3.14. The Morgan fingerprint density at radius 1 is 1.29 bits per heavy atom. The number of carbonyl (C=O) groups excluding carboxylic acids is 1. The normalized spacial score (nSPS) is 11.0. The van der Waals surface area contributed by atoms with Gasteiger partial charge in [-0.05, 0) is 55.0 Å². The maximum Gasteiger partial charge on any atom is 0.289 e. The van der Waals surface area contributed by atoms with E-state index >= 15 is 0 Å². The number of aromatic hydroxyl groups is 1. The van der Waals surface area contributed by atoms with Gasteiger partial charge in [0.15, 0.2) is 11.5 Å². The van der Waals surface area contributed by atoms with Gasteiger partial charge in [0.05, 0.1) is 23.5 Å². The van der Waals surface area contributed by atoms with Crippen LogP contribution >= 0.6 is 23.2 Å². The molecule has 3 rings (SSSR count). The van der Waals surface area contributed by atoms with Gasteiger partial charge in [0.2, 0.25) is 0 Å². The molecule has 0 radical (unpaired) electrons. The number of hydrazone groups is 1. The first-order valence-corrected chi connectivity index (χ1v) is 9.03. The van der Waals surface area contributed by atoms with E-state index in [0.717, 1.165) is 0 Å². The zero-order chi connectivity index (χ0) is 20.1. The van der Waals surface area contributed by atoms with Crippen LogP contribution in [0.25, 0.3) is 11.3 Å². The summed E-state index contributed by atoms with van der Waals surface area (Å²) in [5, 5.41) is 21.3. The second-order valence-corrected chi connectivity index (χ2v) is 6.49. The fraction of sp³-hybridized carbons (Fsp3) is 0.105. The number of ether oxygens (including phenoxy) is 1. The predicted octanol–water partition coefficient (Wildman–Crippen LogP) is 4.25. The van der Waals surface area contributed by atoms with Gasteiger partial charge in [-0.1, -0.05) is 23.2 Å². The summed E-state index contributed by atoms with van der Waals surface area (Å²) in [4.78, 5) is 12.2. The molecule has 0 saturated heterocycles. The molecule has 28 heavy (non-hydrogen) atoms. The van der Waals surface area contributed by atoms with E-state index in [1.807, 2.05) is 6.92 Å². The van der Waals surface area contributed by atoms with Gasteiger partial charge >= 0.3 is 0 Å². The summed E-state index contributed by atoms with van der Waals surface area (Å²) in [5.74, 6) is -0.0892. The van der Waals surface area contributed by atoms with Crippen LogP contribution in [0.15, 0.2) is 47.6 Å². The zero-order valence-electron chi connectivity index (χ0n) is 14.7. The number of phenols is 1. The lowest BCUT2D eigenvalue weighted by Gasteiger charge is -2.05. The number of phenolic OH excluding ortho intramolecular Hbond substituents is 1. The van der Waals surface area contributed by atoms with E-state index in [9.17, 15) is 9.90 Å². The van der Waals surface area contributed by atoms with Crippen molar-refractivity contribution in [3.05, 3.63) is 63.8 Å². The molecule has 0 fully saturated rings. The van der Waals surface area contributed by atoms with E-state index in [4.69, 9.17) is 27.9 Å². The van der Waals surface area contributed by atoms with Crippen LogP contribution in [-0.4, -0.2) is 34.0 Å². The van der Waals surface area contributed by atoms with Crippen molar-refractivity contribution in [3.8, 4) is 22.8 Å². The lowest BCUT2D eigenvalue weighted by molar-refractivity contribution is 0.0950. The number of nitrogens with zero attached hydrogens (tertiary/aromatic N) is 2. The fourth-order valence-electron chi connectivity index (χ4n) is 2.38. The summed E-state index contributed by atoms with van der Waals surface area (Å²) < 4.78 is 5.30. The minimum atomic E-state index is -0.469. The molecular formula is C19H16Cl2N4O3. The van der Waals surface area contributed by atoms with Crippen molar-refractivity contribution in [2.75, 3.05) is 6.61 Å². The maximum absolute atomic E-state index is 12.2. The predicted molar refractivity (Wildman–Crippen MR) is 108 cm³/mol. The van der Waals surface area contributed by atoms with Crippen LogP contribution < -0.4 is 10.2 Å². The van der Waals surface area contributed by atoms with E-state index in [1.54, 1.807) is 36.4 Å². The Balaban J connectivity index is 1.68. The number of halogens is 2.